The van der Waals surface area contributed by atoms with Gasteiger partial charge in [0.15, 0.2) is 6.61 Å². The zero-order chi connectivity index (χ0) is 20.9. The van der Waals surface area contributed by atoms with Crippen LogP contribution in [0.3, 0.4) is 0 Å². The molecule has 1 atom stereocenters. The summed E-state index contributed by atoms with van der Waals surface area (Å²) < 4.78 is 5.23. The topological polar surface area (TPSA) is 75.7 Å². The number of anilines is 1. The summed E-state index contributed by atoms with van der Waals surface area (Å²) >= 11 is 0. The van der Waals surface area contributed by atoms with E-state index < -0.39 is 17.8 Å². The van der Waals surface area contributed by atoms with Crippen molar-refractivity contribution >= 4 is 23.5 Å². The Morgan fingerprint density at radius 3 is 2.47 bits per heavy atom. The van der Waals surface area contributed by atoms with Crippen LogP contribution < -0.4 is 5.32 Å². The van der Waals surface area contributed by atoms with Gasteiger partial charge in [-0.3, -0.25) is 14.4 Å². The van der Waals surface area contributed by atoms with E-state index in [4.69, 9.17) is 4.74 Å². The molecule has 1 aliphatic heterocycles. The fraction of sp³-hybridized carbons (Fsp3) is 0.375. The van der Waals surface area contributed by atoms with Crippen LogP contribution >= 0.6 is 0 Å². The lowest BCUT2D eigenvalue weighted by Gasteiger charge is -2.23. The molecular formula is C24H26N2O4. The van der Waals surface area contributed by atoms with Crippen molar-refractivity contribution in [2.75, 3.05) is 18.5 Å². The summed E-state index contributed by atoms with van der Waals surface area (Å²) in [6, 6.07) is 17.5. The Hall–Kier alpha value is -3.15. The molecular weight excluding hydrogens is 380 g/mol. The number of ether oxygens (including phenoxy) is 1. The van der Waals surface area contributed by atoms with E-state index in [1.165, 1.54) is 0 Å². The van der Waals surface area contributed by atoms with Gasteiger partial charge in [0.2, 0.25) is 5.91 Å². The zero-order valence-electron chi connectivity index (χ0n) is 16.9. The Bertz CT molecular complexity index is 922. The maximum absolute atomic E-state index is 12.4. The molecule has 1 N–H and O–H groups in total. The molecule has 156 valence electrons. The molecule has 2 aromatic rings. The van der Waals surface area contributed by atoms with E-state index >= 15 is 0 Å². The highest BCUT2D eigenvalue weighted by molar-refractivity contribution is 5.97. The van der Waals surface area contributed by atoms with Crippen molar-refractivity contribution < 1.29 is 19.1 Å². The third-order valence-electron chi connectivity index (χ3n) is 5.89. The van der Waals surface area contributed by atoms with Gasteiger partial charge in [-0.2, -0.15) is 0 Å². The van der Waals surface area contributed by atoms with Crippen LogP contribution in [0.25, 0.3) is 11.1 Å². The first-order chi connectivity index (χ1) is 14.6. The third-order valence-corrected chi connectivity index (χ3v) is 5.89. The summed E-state index contributed by atoms with van der Waals surface area (Å²) in [5, 5.41) is 2.82. The minimum atomic E-state index is -0.484. The summed E-state index contributed by atoms with van der Waals surface area (Å²) in [5.41, 5.74) is 2.54. The lowest BCUT2D eigenvalue weighted by Crippen LogP contribution is -2.35. The predicted octanol–water partition coefficient (Wildman–Crippen LogP) is 3.63. The van der Waals surface area contributed by atoms with Gasteiger partial charge in [0.25, 0.3) is 5.91 Å². The van der Waals surface area contributed by atoms with Crippen LogP contribution in [0.4, 0.5) is 5.69 Å². The molecule has 2 amide bonds. The number of hydrogen-bond acceptors (Lipinski definition) is 4. The Kier molecular flexibility index (Phi) is 6.12. The number of carbonyl (C=O) groups is 3. The smallest absolute Gasteiger partial charge is 0.311 e. The van der Waals surface area contributed by atoms with Gasteiger partial charge in [-0.15, -0.1) is 0 Å². The summed E-state index contributed by atoms with van der Waals surface area (Å²) in [6.07, 6.45) is 4.46. The van der Waals surface area contributed by atoms with E-state index in [9.17, 15) is 14.4 Å². The van der Waals surface area contributed by atoms with Crippen LogP contribution in [-0.4, -0.2) is 41.9 Å². The molecule has 1 saturated carbocycles. The predicted molar refractivity (Wildman–Crippen MR) is 114 cm³/mol. The van der Waals surface area contributed by atoms with E-state index in [-0.39, 0.29) is 25.0 Å². The van der Waals surface area contributed by atoms with Crippen molar-refractivity contribution in [2.45, 2.75) is 38.1 Å². The maximum atomic E-state index is 12.4. The first kappa shape index (κ1) is 20.1. The maximum Gasteiger partial charge on any atom is 0.311 e. The second-order valence-corrected chi connectivity index (χ2v) is 7.95. The molecule has 0 radical (unpaired) electrons. The molecule has 6 nitrogen and oxygen atoms in total. The molecule has 2 aromatic carbocycles. The number of amides is 2. The molecule has 0 aromatic heterocycles. The van der Waals surface area contributed by atoms with Crippen molar-refractivity contribution in [1.29, 1.82) is 0 Å². The lowest BCUT2D eigenvalue weighted by molar-refractivity contribution is -0.151. The number of likely N-dealkylation sites (tertiary alicyclic amines) is 1. The van der Waals surface area contributed by atoms with Crippen molar-refractivity contribution in [3.63, 3.8) is 0 Å². The van der Waals surface area contributed by atoms with Gasteiger partial charge in [0, 0.05) is 30.3 Å². The highest BCUT2D eigenvalue weighted by atomic mass is 16.5. The molecule has 2 aliphatic rings. The van der Waals surface area contributed by atoms with Crippen molar-refractivity contribution in [3.05, 3.63) is 54.6 Å². The Morgan fingerprint density at radius 1 is 1.00 bits per heavy atom. The van der Waals surface area contributed by atoms with Crippen LogP contribution in [0.5, 0.6) is 0 Å². The fourth-order valence-electron chi connectivity index (χ4n) is 4.36. The Balaban J connectivity index is 1.31. The number of nitrogens with one attached hydrogen (secondary N) is 1. The average molecular weight is 406 g/mol. The second-order valence-electron chi connectivity index (χ2n) is 7.95. The number of carbonyl (C=O) groups excluding carboxylic acids is 3. The largest absolute Gasteiger partial charge is 0.455 e. The van der Waals surface area contributed by atoms with E-state index in [0.717, 1.165) is 36.8 Å². The average Bonchev–Trinajstić information content (AvgIpc) is 3.43. The second kappa shape index (κ2) is 9.11. The van der Waals surface area contributed by atoms with Crippen LogP contribution in [0.2, 0.25) is 0 Å². The number of esters is 1. The third kappa shape index (κ3) is 4.53. The van der Waals surface area contributed by atoms with Gasteiger partial charge >= 0.3 is 5.97 Å². The van der Waals surface area contributed by atoms with Gasteiger partial charge < -0.3 is 15.0 Å². The Labute approximate surface area is 176 Å². The minimum absolute atomic E-state index is 0.0186. The number of para-hydroxylation sites is 1. The molecule has 1 heterocycles. The van der Waals surface area contributed by atoms with Gasteiger partial charge in [-0.25, -0.2) is 0 Å². The van der Waals surface area contributed by atoms with Crippen LogP contribution in [0, 0.1) is 5.92 Å². The number of benzene rings is 2. The summed E-state index contributed by atoms with van der Waals surface area (Å²) in [6.45, 7) is 0.0386. The quantitative estimate of drug-likeness (QED) is 0.744. The van der Waals surface area contributed by atoms with E-state index in [0.29, 0.717) is 12.2 Å². The minimum Gasteiger partial charge on any atom is -0.455 e. The van der Waals surface area contributed by atoms with E-state index in [1.54, 1.807) is 0 Å². The van der Waals surface area contributed by atoms with Crippen LogP contribution in [0.15, 0.2) is 54.6 Å². The summed E-state index contributed by atoms with van der Waals surface area (Å²) in [5.74, 6) is -1.34. The summed E-state index contributed by atoms with van der Waals surface area (Å²) in [4.78, 5) is 38.9. The van der Waals surface area contributed by atoms with Crippen molar-refractivity contribution in [3.8, 4) is 11.1 Å². The number of hydrogen-bond donors (Lipinski definition) is 1. The number of nitrogens with zero attached hydrogens (tertiary/aromatic N) is 1. The van der Waals surface area contributed by atoms with Crippen molar-refractivity contribution in [2.24, 2.45) is 5.92 Å². The highest BCUT2D eigenvalue weighted by Gasteiger charge is 2.39. The molecule has 1 saturated heterocycles. The standard InChI is InChI=1S/C24H26N2O4/c27-22(25-21-13-7-6-12-20(21)17-8-2-1-3-9-17)16-30-24(29)18-14-23(28)26(15-18)19-10-4-5-11-19/h1-3,6-9,12-13,18-19H,4-5,10-11,14-16H2,(H,25,27)/t18-/m1/s1. The van der Waals surface area contributed by atoms with E-state index in [1.807, 2.05) is 59.5 Å². The first-order valence-electron chi connectivity index (χ1n) is 10.5. The van der Waals surface area contributed by atoms with Gasteiger partial charge in [0.05, 0.1) is 5.92 Å². The molecule has 0 bridgehead atoms. The van der Waals surface area contributed by atoms with Gasteiger partial charge in [0.1, 0.15) is 0 Å². The SMILES string of the molecule is O=C(COC(=O)[C@@H]1CC(=O)N(C2CCCC2)C1)Nc1ccccc1-c1ccccc1. The Morgan fingerprint density at radius 2 is 1.70 bits per heavy atom. The molecule has 0 spiro atoms. The molecule has 1 aliphatic carbocycles. The molecule has 30 heavy (non-hydrogen) atoms. The van der Waals surface area contributed by atoms with Crippen LogP contribution in [0.1, 0.15) is 32.1 Å². The molecule has 4 rings (SSSR count). The monoisotopic (exact) mass is 406 g/mol. The normalized spacial score (nSPS) is 19.1. The highest BCUT2D eigenvalue weighted by Crippen LogP contribution is 2.30. The lowest BCUT2D eigenvalue weighted by atomic mass is 10.0. The van der Waals surface area contributed by atoms with E-state index in [2.05, 4.69) is 5.32 Å². The van der Waals surface area contributed by atoms with Crippen LogP contribution in [-0.2, 0) is 19.1 Å². The number of rotatable bonds is 6. The molecule has 2 fully saturated rings. The van der Waals surface area contributed by atoms with Crippen molar-refractivity contribution in [1.82, 2.24) is 4.90 Å². The van der Waals surface area contributed by atoms with Gasteiger partial charge in [-0.1, -0.05) is 61.4 Å². The first-order valence-corrected chi connectivity index (χ1v) is 10.5. The fourth-order valence-corrected chi connectivity index (χ4v) is 4.36. The summed E-state index contributed by atoms with van der Waals surface area (Å²) in [7, 11) is 0. The van der Waals surface area contributed by atoms with Gasteiger partial charge in [-0.05, 0) is 24.5 Å². The zero-order valence-corrected chi connectivity index (χ0v) is 16.9. The molecule has 0 unspecified atom stereocenters. The molecule has 6 heteroatoms.